The molecule has 11 heavy (non-hydrogen) atoms. The summed E-state index contributed by atoms with van der Waals surface area (Å²) in [6.07, 6.45) is 0. The predicted octanol–water partition coefficient (Wildman–Crippen LogP) is -1.49. The van der Waals surface area contributed by atoms with Crippen molar-refractivity contribution in [3.8, 4) is 0 Å². The van der Waals surface area contributed by atoms with Crippen molar-refractivity contribution in [2.45, 2.75) is 0 Å². The number of hydrogen-bond acceptors (Lipinski definition) is 4. The molecule has 0 aromatic rings. The third-order valence-corrected chi connectivity index (χ3v) is 1.06. The maximum Gasteiger partial charge on any atom is 0.230 e. The molecule has 0 heterocycles. The van der Waals surface area contributed by atoms with Gasteiger partial charge in [-0.25, -0.2) is 0 Å². The molecule has 0 aliphatic rings. The first kappa shape index (κ1) is 9.92. The Morgan fingerprint density at radius 1 is 1.55 bits per heavy atom. The van der Waals surface area contributed by atoms with Crippen LogP contribution in [0.3, 0.4) is 0 Å². The lowest BCUT2D eigenvalue weighted by molar-refractivity contribution is -0.709. The van der Waals surface area contributed by atoms with Crippen LogP contribution in [0.5, 0.6) is 0 Å². The van der Waals surface area contributed by atoms with E-state index in [4.69, 9.17) is 16.0 Å². The number of rotatable bonds is 5. The van der Waals surface area contributed by atoms with Crippen molar-refractivity contribution in [2.75, 3.05) is 26.2 Å². The van der Waals surface area contributed by atoms with Crippen LogP contribution in [0.4, 0.5) is 0 Å². The van der Waals surface area contributed by atoms with E-state index >= 15 is 0 Å². The predicted molar refractivity (Wildman–Crippen MR) is 35.6 cm³/mol. The van der Waals surface area contributed by atoms with E-state index in [2.05, 4.69) is 5.28 Å². The van der Waals surface area contributed by atoms with E-state index in [1.54, 1.807) is 0 Å². The highest BCUT2D eigenvalue weighted by Gasteiger charge is 2.09. The Morgan fingerprint density at radius 3 is 2.55 bits per heavy atom. The number of aliphatic hydroxyl groups excluding tert-OH is 1. The summed E-state index contributed by atoms with van der Waals surface area (Å²) in [7, 11) is 0. The molecule has 7 nitrogen and oxygen atoms in total. The maximum atomic E-state index is 10.6. The van der Waals surface area contributed by atoms with E-state index in [1.807, 2.05) is 0 Å². The summed E-state index contributed by atoms with van der Waals surface area (Å²) >= 11 is 0. The second kappa shape index (κ2) is 5.69. The van der Waals surface area contributed by atoms with Gasteiger partial charge in [0.2, 0.25) is 5.28 Å². The van der Waals surface area contributed by atoms with E-state index in [1.165, 1.54) is 0 Å². The first-order chi connectivity index (χ1) is 5.26. The van der Waals surface area contributed by atoms with E-state index in [-0.39, 0.29) is 31.2 Å². The normalized spacial score (nSPS) is 11.6. The first-order valence-electron chi connectivity index (χ1n) is 3.14. The summed E-state index contributed by atoms with van der Waals surface area (Å²) < 4.78 is 0. The Bertz CT molecular complexity index is 123. The van der Waals surface area contributed by atoms with Crippen LogP contribution in [0.25, 0.3) is 0 Å². The van der Waals surface area contributed by atoms with Gasteiger partial charge in [-0.2, -0.15) is 0 Å². The molecule has 0 bridgehead atoms. The fraction of sp³-hybridized carbons (Fsp3) is 1.00. The molecule has 0 unspecified atom stereocenters. The fourth-order valence-electron chi connectivity index (χ4n) is 0.604. The van der Waals surface area contributed by atoms with Gasteiger partial charge in [0.1, 0.15) is 6.54 Å². The first-order valence-corrected chi connectivity index (χ1v) is 3.14. The van der Waals surface area contributed by atoms with Gasteiger partial charge in [-0.15, -0.1) is 5.01 Å². The smallest absolute Gasteiger partial charge is 0.230 e. The second-order valence-corrected chi connectivity index (χ2v) is 1.81. The molecule has 0 rings (SSSR count). The fourth-order valence-corrected chi connectivity index (χ4v) is 0.604. The summed E-state index contributed by atoms with van der Waals surface area (Å²) in [6.45, 7) is 0.418. The topological polar surface area (TPSA) is 108 Å². The van der Waals surface area contributed by atoms with Crippen molar-refractivity contribution in [3.05, 3.63) is 5.21 Å². The number of hydrazine groups is 1. The van der Waals surface area contributed by atoms with E-state index in [0.717, 1.165) is 5.01 Å². The minimum absolute atomic E-state index is 0.0108. The Morgan fingerprint density at radius 2 is 2.18 bits per heavy atom. The number of nitrogens with zero attached hydrogens (tertiary/aromatic N) is 3. The van der Waals surface area contributed by atoms with Gasteiger partial charge < -0.3 is 21.3 Å². The summed E-state index contributed by atoms with van der Waals surface area (Å²) in [5, 5.41) is 30.5. The Labute approximate surface area is 63.9 Å². The van der Waals surface area contributed by atoms with E-state index in [0.29, 0.717) is 0 Å². The Hall–Kier alpha value is -1.08. The molecule has 0 saturated carbocycles. The zero-order valence-electron chi connectivity index (χ0n) is 6.05. The highest BCUT2D eigenvalue weighted by molar-refractivity contribution is 4.43. The van der Waals surface area contributed by atoms with Crippen molar-refractivity contribution in [2.24, 2.45) is 11.0 Å². The molecule has 0 aromatic carbocycles. The minimum Gasteiger partial charge on any atom is -0.569 e. The van der Waals surface area contributed by atoms with Crippen LogP contribution in [-0.4, -0.2) is 46.5 Å². The third kappa shape index (κ3) is 3.58. The summed E-state index contributed by atoms with van der Waals surface area (Å²) in [5.41, 5.74) is 5.14. The lowest BCUT2D eigenvalue weighted by Crippen LogP contribution is -2.37. The van der Waals surface area contributed by atoms with Crippen LogP contribution in [0.2, 0.25) is 0 Å². The highest BCUT2D eigenvalue weighted by atomic mass is 16.6. The van der Waals surface area contributed by atoms with Gasteiger partial charge in [-0.05, 0) is 0 Å². The Balaban J connectivity index is 3.87. The van der Waals surface area contributed by atoms with Crippen LogP contribution in [0, 0.1) is 5.21 Å². The van der Waals surface area contributed by atoms with Crippen LogP contribution < -0.4 is 5.73 Å². The lowest BCUT2D eigenvalue weighted by Gasteiger charge is -2.14. The Kier molecular flexibility index (Phi) is 5.13. The molecule has 0 atom stereocenters. The van der Waals surface area contributed by atoms with Crippen molar-refractivity contribution in [1.82, 2.24) is 5.01 Å². The molecule has 0 radical (unpaired) electrons. The SMILES string of the molecule is NCCN(CCO)[N+]([O-])=NO. The van der Waals surface area contributed by atoms with Gasteiger partial charge in [0.05, 0.1) is 18.1 Å². The second-order valence-electron chi connectivity index (χ2n) is 1.81. The van der Waals surface area contributed by atoms with Gasteiger partial charge >= 0.3 is 0 Å². The molecule has 0 fully saturated rings. The highest BCUT2D eigenvalue weighted by Crippen LogP contribution is 1.87. The maximum absolute atomic E-state index is 10.6. The van der Waals surface area contributed by atoms with E-state index in [9.17, 15) is 5.21 Å². The summed E-state index contributed by atoms with van der Waals surface area (Å²) in [4.78, 5) is -0.0108. The molecular formula is C4H12N4O3. The molecule has 7 heteroatoms. The lowest BCUT2D eigenvalue weighted by atomic mass is 10.6. The van der Waals surface area contributed by atoms with Crippen molar-refractivity contribution in [3.63, 3.8) is 0 Å². The number of hydrogen-bond donors (Lipinski definition) is 3. The number of nitrogens with two attached hydrogens (primary N) is 1. The van der Waals surface area contributed by atoms with Crippen LogP contribution in [0.1, 0.15) is 0 Å². The van der Waals surface area contributed by atoms with Crippen molar-refractivity contribution < 1.29 is 15.3 Å². The van der Waals surface area contributed by atoms with Gasteiger partial charge in [0.15, 0.2) is 0 Å². The molecule has 0 aromatic heterocycles. The van der Waals surface area contributed by atoms with Crippen LogP contribution >= 0.6 is 0 Å². The quantitative estimate of drug-likeness (QED) is 0.260. The largest absolute Gasteiger partial charge is 0.569 e. The average molecular weight is 164 g/mol. The molecule has 0 spiro atoms. The molecule has 0 aliphatic carbocycles. The van der Waals surface area contributed by atoms with Crippen molar-refractivity contribution >= 4 is 0 Å². The van der Waals surface area contributed by atoms with Crippen LogP contribution in [0.15, 0.2) is 5.28 Å². The summed E-state index contributed by atoms with van der Waals surface area (Å²) in [5.74, 6) is 0. The van der Waals surface area contributed by atoms with E-state index < -0.39 is 0 Å². The van der Waals surface area contributed by atoms with Gasteiger partial charge in [-0.1, -0.05) is 0 Å². The minimum atomic E-state index is -0.186. The number of aliphatic hydroxyl groups is 1. The molecule has 0 amide bonds. The third-order valence-electron chi connectivity index (χ3n) is 1.06. The van der Waals surface area contributed by atoms with Crippen molar-refractivity contribution in [1.29, 1.82) is 0 Å². The standard InChI is InChI=1S/C4H12N4O3/c5-1-2-7(3-4-9)8(11)6-10/h9-10H,1-5H2. The summed E-state index contributed by atoms with van der Waals surface area (Å²) in [6, 6.07) is 0. The molecule has 0 aliphatic heterocycles. The molecule has 66 valence electrons. The zero-order valence-corrected chi connectivity index (χ0v) is 6.05. The monoisotopic (exact) mass is 164 g/mol. The molecule has 0 saturated heterocycles. The van der Waals surface area contributed by atoms with Gasteiger partial charge in [-0.3, -0.25) is 0 Å². The van der Waals surface area contributed by atoms with Gasteiger partial charge in [0, 0.05) is 6.54 Å². The van der Waals surface area contributed by atoms with Crippen LogP contribution in [-0.2, 0) is 0 Å². The molecule has 4 N–H and O–H groups in total. The van der Waals surface area contributed by atoms with Gasteiger partial charge in [0.25, 0.3) is 0 Å². The zero-order chi connectivity index (χ0) is 8.69. The molecular weight excluding hydrogens is 152 g/mol. The average Bonchev–Trinajstić information content (AvgIpc) is 2.03.